The summed E-state index contributed by atoms with van der Waals surface area (Å²) in [6.45, 7) is 0. The van der Waals surface area contributed by atoms with Crippen LogP contribution in [-0.4, -0.2) is 20.4 Å². The monoisotopic (exact) mass is 234 g/mol. The highest BCUT2D eigenvalue weighted by atomic mass is 15.1. The van der Waals surface area contributed by atoms with E-state index in [-0.39, 0.29) is 0 Å². The van der Waals surface area contributed by atoms with Crippen molar-refractivity contribution in [1.29, 1.82) is 0 Å². The molecule has 2 aromatic carbocycles. The number of nitrogens with zero attached hydrogens (tertiary/aromatic N) is 2. The summed E-state index contributed by atoms with van der Waals surface area (Å²) in [4.78, 5) is 0. The van der Waals surface area contributed by atoms with E-state index in [9.17, 15) is 0 Å². The van der Waals surface area contributed by atoms with Crippen LogP contribution in [0.3, 0.4) is 0 Å². The molecule has 0 spiro atoms. The first-order valence-electron chi connectivity index (χ1n) is 5.78. The average molecular weight is 234 g/mol. The van der Waals surface area contributed by atoms with Crippen molar-refractivity contribution in [2.75, 3.05) is 0 Å². The summed E-state index contributed by atoms with van der Waals surface area (Å²) in [6.07, 6.45) is 3.68. The molecule has 2 aromatic heterocycles. The van der Waals surface area contributed by atoms with Gasteiger partial charge in [-0.05, 0) is 0 Å². The van der Waals surface area contributed by atoms with Crippen LogP contribution in [-0.2, 0) is 0 Å². The molecular weight excluding hydrogens is 224 g/mol. The van der Waals surface area contributed by atoms with E-state index in [1.807, 2.05) is 24.5 Å². The van der Waals surface area contributed by atoms with Crippen LogP contribution in [0, 0.1) is 0 Å². The topological polar surface area (TPSA) is 57.4 Å². The van der Waals surface area contributed by atoms with Gasteiger partial charge in [-0.15, -0.1) is 0 Å². The Morgan fingerprint density at radius 1 is 0.667 bits per heavy atom. The van der Waals surface area contributed by atoms with Crippen LogP contribution in [0.4, 0.5) is 0 Å². The van der Waals surface area contributed by atoms with E-state index in [1.54, 1.807) is 0 Å². The van der Waals surface area contributed by atoms with Crippen LogP contribution in [0.2, 0.25) is 0 Å². The molecule has 0 aliphatic carbocycles. The molecule has 18 heavy (non-hydrogen) atoms. The Kier molecular flexibility index (Phi) is 1.80. The Balaban J connectivity index is 2.13. The van der Waals surface area contributed by atoms with Crippen molar-refractivity contribution in [3.63, 3.8) is 0 Å². The minimum atomic E-state index is 1.06. The lowest BCUT2D eigenvalue weighted by molar-refractivity contribution is 1.12. The summed E-state index contributed by atoms with van der Waals surface area (Å²) in [5.74, 6) is 0. The molecule has 0 aliphatic heterocycles. The van der Waals surface area contributed by atoms with Gasteiger partial charge in [0.2, 0.25) is 0 Å². The van der Waals surface area contributed by atoms with Crippen molar-refractivity contribution in [3.8, 4) is 11.1 Å². The largest absolute Gasteiger partial charge is 0.277 e. The number of benzene rings is 2. The van der Waals surface area contributed by atoms with Crippen LogP contribution < -0.4 is 0 Å². The maximum Gasteiger partial charge on any atom is 0.0729 e. The first-order valence-corrected chi connectivity index (χ1v) is 5.78. The number of para-hydroxylation sites is 2. The highest BCUT2D eigenvalue weighted by molar-refractivity contribution is 6.01. The van der Waals surface area contributed by atoms with E-state index < -0.39 is 0 Å². The molecule has 0 bridgehead atoms. The van der Waals surface area contributed by atoms with Crippen LogP contribution in [0.1, 0.15) is 0 Å². The lowest BCUT2D eigenvalue weighted by Crippen LogP contribution is -1.83. The molecule has 2 heterocycles. The van der Waals surface area contributed by atoms with Gasteiger partial charge in [-0.1, -0.05) is 36.4 Å². The third kappa shape index (κ3) is 1.20. The molecule has 0 atom stereocenters. The van der Waals surface area contributed by atoms with Gasteiger partial charge >= 0.3 is 0 Å². The number of H-pyrrole nitrogens is 2. The summed E-state index contributed by atoms with van der Waals surface area (Å²) < 4.78 is 0. The Labute approximate surface area is 103 Å². The zero-order valence-electron chi connectivity index (χ0n) is 9.51. The van der Waals surface area contributed by atoms with E-state index in [0.717, 1.165) is 32.9 Å². The number of aromatic amines is 2. The third-order valence-corrected chi connectivity index (χ3v) is 3.24. The van der Waals surface area contributed by atoms with Crippen molar-refractivity contribution in [1.82, 2.24) is 20.4 Å². The van der Waals surface area contributed by atoms with Crippen molar-refractivity contribution < 1.29 is 0 Å². The minimum absolute atomic E-state index is 1.06. The van der Waals surface area contributed by atoms with Gasteiger partial charge < -0.3 is 0 Å². The Hall–Kier alpha value is -2.62. The molecule has 0 amide bonds. The second-order valence-corrected chi connectivity index (χ2v) is 4.28. The van der Waals surface area contributed by atoms with Crippen LogP contribution in [0.15, 0.2) is 48.8 Å². The quantitative estimate of drug-likeness (QED) is 0.531. The molecule has 2 N–H and O–H groups in total. The van der Waals surface area contributed by atoms with Crippen molar-refractivity contribution >= 4 is 21.8 Å². The number of aromatic nitrogens is 4. The van der Waals surface area contributed by atoms with Gasteiger partial charge in [-0.3, -0.25) is 10.2 Å². The van der Waals surface area contributed by atoms with Crippen molar-refractivity contribution in [3.05, 3.63) is 48.8 Å². The van der Waals surface area contributed by atoms with Crippen molar-refractivity contribution in [2.45, 2.75) is 0 Å². The fourth-order valence-corrected chi connectivity index (χ4v) is 2.39. The molecular formula is C14H10N4. The normalized spacial score (nSPS) is 11.3. The van der Waals surface area contributed by atoms with E-state index in [2.05, 4.69) is 44.7 Å². The van der Waals surface area contributed by atoms with Gasteiger partial charge in [-0.25, -0.2) is 0 Å². The fraction of sp³-hybridized carbons (Fsp3) is 0. The molecule has 86 valence electrons. The molecule has 0 saturated heterocycles. The Morgan fingerprint density at radius 2 is 1.17 bits per heavy atom. The summed E-state index contributed by atoms with van der Waals surface area (Å²) in [5, 5.41) is 16.6. The SMILES string of the molecule is c1cc(-c2cccc3cn[nH]c23)c2[nH]ncc2c1. The highest BCUT2D eigenvalue weighted by Crippen LogP contribution is 2.31. The van der Waals surface area contributed by atoms with E-state index in [4.69, 9.17) is 0 Å². The summed E-state index contributed by atoms with van der Waals surface area (Å²) in [5.41, 5.74) is 4.39. The summed E-state index contributed by atoms with van der Waals surface area (Å²) in [6, 6.07) is 12.4. The molecule has 4 rings (SSSR count). The zero-order chi connectivity index (χ0) is 11.9. The minimum Gasteiger partial charge on any atom is -0.277 e. The number of hydrogen-bond acceptors (Lipinski definition) is 2. The second kappa shape index (κ2) is 3.43. The number of nitrogens with one attached hydrogen (secondary N) is 2. The first kappa shape index (κ1) is 9.41. The molecule has 0 saturated carbocycles. The highest BCUT2D eigenvalue weighted by Gasteiger charge is 2.09. The molecule has 4 heteroatoms. The molecule has 0 aliphatic rings. The molecule has 4 nitrogen and oxygen atoms in total. The second-order valence-electron chi connectivity index (χ2n) is 4.28. The van der Waals surface area contributed by atoms with E-state index in [1.165, 1.54) is 0 Å². The zero-order valence-corrected chi connectivity index (χ0v) is 9.51. The number of hydrogen-bond donors (Lipinski definition) is 2. The lowest BCUT2D eigenvalue weighted by atomic mass is 10.0. The van der Waals surface area contributed by atoms with Crippen LogP contribution in [0.5, 0.6) is 0 Å². The number of fused-ring (bicyclic) bond motifs is 2. The number of rotatable bonds is 1. The molecule has 0 radical (unpaired) electrons. The van der Waals surface area contributed by atoms with Gasteiger partial charge in [0.15, 0.2) is 0 Å². The Morgan fingerprint density at radius 3 is 1.67 bits per heavy atom. The van der Waals surface area contributed by atoms with Gasteiger partial charge in [-0.2, -0.15) is 10.2 Å². The van der Waals surface area contributed by atoms with Crippen LogP contribution in [0.25, 0.3) is 32.9 Å². The Bertz CT molecular complexity index is 769. The van der Waals surface area contributed by atoms with Gasteiger partial charge in [0.1, 0.15) is 0 Å². The molecule has 4 aromatic rings. The van der Waals surface area contributed by atoms with E-state index in [0.29, 0.717) is 0 Å². The smallest absolute Gasteiger partial charge is 0.0729 e. The first-order chi connectivity index (χ1) is 8.93. The predicted molar refractivity (Wildman–Crippen MR) is 71.2 cm³/mol. The van der Waals surface area contributed by atoms with Crippen LogP contribution >= 0.6 is 0 Å². The standard InChI is InChI=1S/C14H10N4/c1-3-9-7-15-17-13(9)11(5-1)12-6-2-4-10-8-16-18-14(10)12/h1-8H,(H,15,17)(H,16,18). The molecule has 0 unspecified atom stereocenters. The maximum atomic E-state index is 4.10. The van der Waals surface area contributed by atoms with Gasteiger partial charge in [0.25, 0.3) is 0 Å². The van der Waals surface area contributed by atoms with E-state index >= 15 is 0 Å². The van der Waals surface area contributed by atoms with Gasteiger partial charge in [0, 0.05) is 21.9 Å². The summed E-state index contributed by atoms with van der Waals surface area (Å²) >= 11 is 0. The average Bonchev–Trinajstić information content (AvgIpc) is 3.06. The lowest BCUT2D eigenvalue weighted by Gasteiger charge is -2.04. The predicted octanol–water partition coefficient (Wildman–Crippen LogP) is 3.11. The summed E-state index contributed by atoms with van der Waals surface area (Å²) in [7, 11) is 0. The van der Waals surface area contributed by atoms with Gasteiger partial charge in [0.05, 0.1) is 23.4 Å². The van der Waals surface area contributed by atoms with Crippen molar-refractivity contribution in [2.24, 2.45) is 0 Å². The maximum absolute atomic E-state index is 4.10. The third-order valence-electron chi connectivity index (χ3n) is 3.24. The fourth-order valence-electron chi connectivity index (χ4n) is 2.39. The molecule has 0 fully saturated rings.